The minimum absolute atomic E-state index is 0.0373. The molecule has 0 aliphatic heterocycles. The Morgan fingerprint density at radius 3 is 2.40 bits per heavy atom. The van der Waals surface area contributed by atoms with E-state index in [4.69, 9.17) is 0 Å². The zero-order valence-electron chi connectivity index (χ0n) is 23.5. The number of carboxylic acid groups (broad SMARTS) is 1. The van der Waals surface area contributed by atoms with Gasteiger partial charge in [0.2, 0.25) is 10.0 Å². The molecule has 220 valence electrons. The van der Waals surface area contributed by atoms with Crippen LogP contribution in [0.3, 0.4) is 0 Å². The lowest BCUT2D eigenvalue weighted by atomic mass is 9.70. The zero-order chi connectivity index (χ0) is 30.1. The van der Waals surface area contributed by atoms with Crippen LogP contribution in [0.2, 0.25) is 0 Å². The molecule has 1 heterocycles. The van der Waals surface area contributed by atoms with Crippen LogP contribution in [0.4, 0.5) is 16.3 Å². The molecule has 42 heavy (non-hydrogen) atoms. The molecule has 2 aliphatic carbocycles. The van der Waals surface area contributed by atoms with Crippen LogP contribution in [-0.4, -0.2) is 48.1 Å². The number of carbonyl (C=O) groups excluding carboxylic acids is 2. The third-order valence-corrected chi connectivity index (χ3v) is 10.5. The van der Waals surface area contributed by atoms with Crippen LogP contribution >= 0.6 is 0 Å². The summed E-state index contributed by atoms with van der Waals surface area (Å²) in [5, 5.41) is 15.3. The van der Waals surface area contributed by atoms with Gasteiger partial charge in [-0.25, -0.2) is 22.9 Å². The van der Waals surface area contributed by atoms with Crippen LogP contribution in [0.5, 0.6) is 0 Å². The van der Waals surface area contributed by atoms with Gasteiger partial charge in [-0.2, -0.15) is 0 Å². The van der Waals surface area contributed by atoms with Crippen LogP contribution in [0.25, 0.3) is 11.1 Å². The summed E-state index contributed by atoms with van der Waals surface area (Å²) >= 11 is 0. The second kappa shape index (κ2) is 11.3. The van der Waals surface area contributed by atoms with E-state index in [1.165, 1.54) is 0 Å². The van der Waals surface area contributed by atoms with E-state index in [0.717, 1.165) is 17.5 Å². The van der Waals surface area contributed by atoms with E-state index in [1.54, 1.807) is 54.7 Å². The summed E-state index contributed by atoms with van der Waals surface area (Å²) in [7, 11) is -4.06. The number of amides is 2. The minimum atomic E-state index is -4.06. The summed E-state index contributed by atoms with van der Waals surface area (Å²) in [6.07, 6.45) is 3.22. The Hall–Kier alpha value is -4.09. The maximum atomic E-state index is 13.2. The van der Waals surface area contributed by atoms with Crippen molar-refractivity contribution >= 4 is 39.3 Å². The second-order valence-corrected chi connectivity index (χ2v) is 13.5. The van der Waals surface area contributed by atoms with Crippen molar-refractivity contribution in [3.63, 3.8) is 0 Å². The highest BCUT2D eigenvalue weighted by atomic mass is 32.2. The van der Waals surface area contributed by atoms with Gasteiger partial charge in [0.25, 0.3) is 0 Å². The van der Waals surface area contributed by atoms with Gasteiger partial charge in [-0.1, -0.05) is 56.3 Å². The molecule has 2 saturated carbocycles. The molecule has 0 spiro atoms. The molecule has 3 aromatic rings. The number of anilines is 2. The molecule has 0 saturated heterocycles. The third-order valence-electron chi connectivity index (χ3n) is 8.95. The first-order chi connectivity index (χ1) is 19.9. The van der Waals surface area contributed by atoms with Crippen molar-refractivity contribution in [3.05, 3.63) is 78.5 Å². The Morgan fingerprint density at radius 1 is 1.02 bits per heavy atom. The molecule has 2 fully saturated rings. The highest BCUT2D eigenvalue weighted by Gasteiger charge is 2.65. The van der Waals surface area contributed by atoms with Crippen LogP contribution in [0.1, 0.15) is 38.7 Å². The quantitative estimate of drug-likeness (QED) is 0.267. The second-order valence-electron chi connectivity index (χ2n) is 11.7. The van der Waals surface area contributed by atoms with Gasteiger partial charge in [-0.05, 0) is 71.6 Å². The maximum Gasteiger partial charge on any atom is 0.324 e. The largest absolute Gasteiger partial charge is 0.480 e. The van der Waals surface area contributed by atoms with Crippen molar-refractivity contribution in [2.75, 3.05) is 16.4 Å². The summed E-state index contributed by atoms with van der Waals surface area (Å²) in [6.45, 7) is 3.90. The number of rotatable bonds is 10. The summed E-state index contributed by atoms with van der Waals surface area (Å²) in [6, 6.07) is 17.7. The van der Waals surface area contributed by atoms with Crippen molar-refractivity contribution in [3.8, 4) is 11.1 Å². The summed E-state index contributed by atoms with van der Waals surface area (Å²) in [4.78, 5) is 41.3. The Labute approximate surface area is 245 Å². The number of fused-ring (bicyclic) bond motifs is 2. The van der Waals surface area contributed by atoms with E-state index in [1.807, 2.05) is 32.0 Å². The Balaban J connectivity index is 1.24. The van der Waals surface area contributed by atoms with Gasteiger partial charge in [-0.15, -0.1) is 0 Å². The van der Waals surface area contributed by atoms with Crippen molar-refractivity contribution in [1.82, 2.24) is 9.71 Å². The Bertz CT molecular complexity index is 1610. The normalized spacial score (nSPS) is 21.6. The number of Topliss-reactive ketones (excluding diaryl/α,β-unsaturated/α-hetero) is 1. The first-order valence-corrected chi connectivity index (χ1v) is 15.5. The van der Waals surface area contributed by atoms with E-state index in [0.29, 0.717) is 29.9 Å². The summed E-state index contributed by atoms with van der Waals surface area (Å²) < 4.78 is 28.7. The van der Waals surface area contributed by atoms with Crippen LogP contribution in [0, 0.1) is 16.7 Å². The number of benzene rings is 2. The molecule has 1 aromatic heterocycles. The monoisotopic (exact) mass is 590 g/mol. The number of nitrogens with one attached hydrogen (secondary N) is 3. The molecule has 2 amide bonds. The fraction of sp³-hybridized carbons (Fsp3) is 0.355. The number of hydrogen-bond acceptors (Lipinski definition) is 6. The SMILES string of the molecule is CC1(C)C2CC[C@@]1(CS(=O)(=O)N[C@@H](Cc1ccc(-c3cccc(NC(=O)Nc4ccccn4)c3)cc1)C(=O)O)C(=O)C2. The van der Waals surface area contributed by atoms with Gasteiger partial charge in [0.05, 0.1) is 5.75 Å². The fourth-order valence-electron chi connectivity index (χ4n) is 6.43. The number of ketones is 1. The zero-order valence-corrected chi connectivity index (χ0v) is 24.3. The lowest BCUT2D eigenvalue weighted by Gasteiger charge is -2.36. The molecule has 3 atom stereocenters. The molecule has 11 heteroatoms. The van der Waals surface area contributed by atoms with E-state index in [2.05, 4.69) is 20.3 Å². The number of aliphatic carboxylic acids is 1. The van der Waals surface area contributed by atoms with Gasteiger partial charge in [0, 0.05) is 23.7 Å². The van der Waals surface area contributed by atoms with Crippen molar-refractivity contribution in [2.24, 2.45) is 16.7 Å². The van der Waals surface area contributed by atoms with E-state index in [9.17, 15) is 27.9 Å². The number of carboxylic acids is 1. The Morgan fingerprint density at radius 2 is 1.79 bits per heavy atom. The molecule has 2 aromatic carbocycles. The number of pyridine rings is 1. The predicted octanol–water partition coefficient (Wildman–Crippen LogP) is 4.70. The maximum absolute atomic E-state index is 13.2. The molecular weight excluding hydrogens is 556 g/mol. The first kappa shape index (κ1) is 29.4. The van der Waals surface area contributed by atoms with Gasteiger partial charge in [-0.3, -0.25) is 14.9 Å². The summed E-state index contributed by atoms with van der Waals surface area (Å²) in [5.41, 5.74) is 1.44. The number of carbonyl (C=O) groups is 3. The minimum Gasteiger partial charge on any atom is -0.480 e. The average Bonchev–Trinajstić information content (AvgIpc) is 3.28. The van der Waals surface area contributed by atoms with Crippen LogP contribution in [-0.2, 0) is 26.0 Å². The molecule has 0 radical (unpaired) electrons. The molecule has 2 aliphatic rings. The Kier molecular flexibility index (Phi) is 7.91. The van der Waals surface area contributed by atoms with Gasteiger partial charge in [0.15, 0.2) is 0 Å². The first-order valence-electron chi connectivity index (χ1n) is 13.8. The highest BCUT2D eigenvalue weighted by Crippen LogP contribution is 2.64. The smallest absolute Gasteiger partial charge is 0.324 e. The highest BCUT2D eigenvalue weighted by molar-refractivity contribution is 7.89. The third kappa shape index (κ3) is 5.93. The molecule has 5 rings (SSSR count). The lowest BCUT2D eigenvalue weighted by Crippen LogP contribution is -2.49. The number of hydrogen-bond donors (Lipinski definition) is 4. The average molecular weight is 591 g/mol. The fourth-order valence-corrected chi connectivity index (χ4v) is 8.46. The van der Waals surface area contributed by atoms with Crippen molar-refractivity contribution in [2.45, 2.75) is 45.6 Å². The lowest BCUT2D eigenvalue weighted by molar-refractivity contribution is -0.138. The number of sulfonamides is 1. The summed E-state index contributed by atoms with van der Waals surface area (Å²) in [5.74, 6) is -1.13. The van der Waals surface area contributed by atoms with Gasteiger partial charge >= 0.3 is 12.0 Å². The predicted molar refractivity (Wildman–Crippen MR) is 159 cm³/mol. The number of nitrogens with zero attached hydrogens (tertiary/aromatic N) is 1. The van der Waals surface area contributed by atoms with Gasteiger partial charge < -0.3 is 10.4 Å². The van der Waals surface area contributed by atoms with Crippen LogP contribution < -0.4 is 15.4 Å². The molecular formula is C31H34N4O6S. The van der Waals surface area contributed by atoms with Crippen molar-refractivity contribution in [1.29, 1.82) is 0 Å². The van der Waals surface area contributed by atoms with E-state index >= 15 is 0 Å². The molecule has 1 unspecified atom stereocenters. The standard InChI is InChI=1S/C31H34N4O6S/c1-30(2)23-13-14-31(30,26(36)18-23)19-42(40,41)35-25(28(37)38)16-20-9-11-21(12-10-20)22-6-5-7-24(17-22)33-29(39)34-27-8-3-4-15-32-27/h3-12,15,17,23,25,35H,13-14,16,18-19H2,1-2H3,(H,37,38)(H2,32,33,34,39)/t23?,25-,31+/m0/s1. The van der Waals surface area contributed by atoms with Crippen molar-refractivity contribution < 1.29 is 27.9 Å². The van der Waals surface area contributed by atoms with E-state index in [-0.39, 0.29) is 18.1 Å². The topological polar surface area (TPSA) is 155 Å². The van der Waals surface area contributed by atoms with Gasteiger partial charge in [0.1, 0.15) is 17.6 Å². The molecule has 2 bridgehead atoms. The molecule has 4 N–H and O–H groups in total. The number of urea groups is 1. The van der Waals surface area contributed by atoms with Crippen LogP contribution in [0.15, 0.2) is 72.9 Å². The molecule has 10 nitrogen and oxygen atoms in total. The van der Waals surface area contributed by atoms with E-state index < -0.39 is 44.6 Å². The number of aromatic nitrogens is 1.